The number of ether oxygens (including phenoxy) is 1. The first-order valence-corrected chi connectivity index (χ1v) is 8.39. The molecule has 0 unspecified atom stereocenters. The van der Waals surface area contributed by atoms with Crippen molar-refractivity contribution >= 4 is 5.91 Å². The van der Waals surface area contributed by atoms with Gasteiger partial charge in [-0.3, -0.25) is 4.79 Å². The second-order valence-corrected chi connectivity index (χ2v) is 5.92. The maximum Gasteiger partial charge on any atom is 0.243 e. The van der Waals surface area contributed by atoms with Crippen LogP contribution in [0.3, 0.4) is 0 Å². The third-order valence-electron chi connectivity index (χ3n) is 3.92. The summed E-state index contributed by atoms with van der Waals surface area (Å²) in [6.45, 7) is 2.58. The molecule has 26 heavy (non-hydrogen) atoms. The second-order valence-electron chi connectivity index (χ2n) is 5.92. The van der Waals surface area contributed by atoms with Gasteiger partial charge in [-0.1, -0.05) is 48.0 Å². The first-order valence-electron chi connectivity index (χ1n) is 8.39. The fourth-order valence-corrected chi connectivity index (χ4v) is 2.64. The maximum absolute atomic E-state index is 12.1. The Balaban J connectivity index is 1.52. The molecule has 134 valence electrons. The molecule has 3 rings (SSSR count). The van der Waals surface area contributed by atoms with E-state index in [-0.39, 0.29) is 12.5 Å². The Kier molecular flexibility index (Phi) is 5.58. The summed E-state index contributed by atoms with van der Waals surface area (Å²) in [6.07, 6.45) is 0.691. The summed E-state index contributed by atoms with van der Waals surface area (Å²) in [7, 11) is 1.65. The van der Waals surface area contributed by atoms with Crippen LogP contribution in [0.1, 0.15) is 11.1 Å². The number of hydrogen-bond donors (Lipinski definition) is 1. The molecular formula is C19H21N5O2. The summed E-state index contributed by atoms with van der Waals surface area (Å²) in [5, 5.41) is 15.0. The molecule has 0 bridgehead atoms. The van der Waals surface area contributed by atoms with Crippen LogP contribution in [-0.2, 0) is 17.8 Å². The second kappa shape index (κ2) is 8.24. The van der Waals surface area contributed by atoms with Crippen LogP contribution in [0, 0.1) is 6.92 Å². The predicted octanol–water partition coefficient (Wildman–Crippen LogP) is 2.02. The van der Waals surface area contributed by atoms with Crippen molar-refractivity contribution in [3.63, 3.8) is 0 Å². The van der Waals surface area contributed by atoms with Crippen molar-refractivity contribution < 1.29 is 9.53 Å². The van der Waals surface area contributed by atoms with Gasteiger partial charge in [0.05, 0.1) is 7.11 Å². The van der Waals surface area contributed by atoms with Crippen LogP contribution in [0.15, 0.2) is 48.5 Å². The van der Waals surface area contributed by atoms with Crippen molar-refractivity contribution in [2.45, 2.75) is 19.9 Å². The molecule has 0 aliphatic heterocycles. The molecule has 1 N–H and O–H groups in total. The molecule has 1 aromatic heterocycles. The SMILES string of the molecule is COc1ccc(C)cc1CCNC(=O)Cn1nnc(-c2ccccc2)n1. The first-order chi connectivity index (χ1) is 12.7. The number of aryl methyl sites for hydroxylation is 1. The first kappa shape index (κ1) is 17.6. The molecule has 0 spiro atoms. The van der Waals surface area contributed by atoms with Gasteiger partial charge in [0.2, 0.25) is 11.7 Å². The van der Waals surface area contributed by atoms with Crippen molar-refractivity contribution in [1.29, 1.82) is 0 Å². The summed E-state index contributed by atoms with van der Waals surface area (Å²) < 4.78 is 5.35. The predicted molar refractivity (Wildman–Crippen MR) is 97.7 cm³/mol. The summed E-state index contributed by atoms with van der Waals surface area (Å²) in [6, 6.07) is 15.5. The van der Waals surface area contributed by atoms with Crippen LogP contribution in [0.4, 0.5) is 0 Å². The summed E-state index contributed by atoms with van der Waals surface area (Å²) in [4.78, 5) is 13.4. The zero-order valence-corrected chi connectivity index (χ0v) is 14.8. The van der Waals surface area contributed by atoms with Crippen molar-refractivity contribution in [2.24, 2.45) is 0 Å². The van der Waals surface area contributed by atoms with E-state index in [1.54, 1.807) is 7.11 Å². The number of hydrogen-bond acceptors (Lipinski definition) is 5. The van der Waals surface area contributed by atoms with Gasteiger partial charge in [0.15, 0.2) is 0 Å². The number of rotatable bonds is 7. The number of benzene rings is 2. The van der Waals surface area contributed by atoms with Gasteiger partial charge < -0.3 is 10.1 Å². The Morgan fingerprint density at radius 2 is 2.00 bits per heavy atom. The van der Waals surface area contributed by atoms with Gasteiger partial charge in [-0.15, -0.1) is 10.2 Å². The van der Waals surface area contributed by atoms with E-state index >= 15 is 0 Å². The highest BCUT2D eigenvalue weighted by atomic mass is 16.5. The van der Waals surface area contributed by atoms with E-state index in [9.17, 15) is 4.79 Å². The smallest absolute Gasteiger partial charge is 0.243 e. The molecule has 1 amide bonds. The average molecular weight is 351 g/mol. The fourth-order valence-electron chi connectivity index (χ4n) is 2.64. The van der Waals surface area contributed by atoms with Crippen LogP contribution in [0.2, 0.25) is 0 Å². The highest BCUT2D eigenvalue weighted by Gasteiger charge is 2.09. The van der Waals surface area contributed by atoms with E-state index in [0.717, 1.165) is 22.4 Å². The Morgan fingerprint density at radius 1 is 1.19 bits per heavy atom. The Morgan fingerprint density at radius 3 is 2.77 bits per heavy atom. The van der Waals surface area contributed by atoms with Crippen LogP contribution in [0.25, 0.3) is 11.4 Å². The number of aromatic nitrogens is 4. The number of amides is 1. The van der Waals surface area contributed by atoms with Gasteiger partial charge in [-0.25, -0.2) is 0 Å². The molecule has 0 aliphatic rings. The molecule has 7 nitrogen and oxygen atoms in total. The van der Waals surface area contributed by atoms with Crippen LogP contribution in [-0.4, -0.2) is 39.8 Å². The van der Waals surface area contributed by atoms with Gasteiger partial charge in [0, 0.05) is 12.1 Å². The van der Waals surface area contributed by atoms with E-state index in [2.05, 4.69) is 26.8 Å². The molecule has 0 fully saturated rings. The highest BCUT2D eigenvalue weighted by molar-refractivity contribution is 5.75. The summed E-state index contributed by atoms with van der Waals surface area (Å²) in [5.74, 6) is 1.17. The minimum Gasteiger partial charge on any atom is -0.496 e. The van der Waals surface area contributed by atoms with Gasteiger partial charge in [-0.05, 0) is 30.2 Å². The number of nitrogens with zero attached hydrogens (tertiary/aromatic N) is 4. The van der Waals surface area contributed by atoms with Crippen molar-refractivity contribution in [1.82, 2.24) is 25.5 Å². The van der Waals surface area contributed by atoms with E-state index in [1.165, 1.54) is 4.80 Å². The molecule has 0 atom stereocenters. The monoisotopic (exact) mass is 351 g/mol. The Labute approximate surface area is 152 Å². The van der Waals surface area contributed by atoms with E-state index in [4.69, 9.17) is 4.74 Å². The van der Waals surface area contributed by atoms with E-state index < -0.39 is 0 Å². The minimum absolute atomic E-state index is 0.0325. The van der Waals surface area contributed by atoms with Crippen LogP contribution in [0.5, 0.6) is 5.75 Å². The van der Waals surface area contributed by atoms with Gasteiger partial charge in [0.1, 0.15) is 12.3 Å². The number of carbonyl (C=O) groups excluding carboxylic acids is 1. The lowest BCUT2D eigenvalue weighted by atomic mass is 10.1. The zero-order valence-electron chi connectivity index (χ0n) is 14.8. The summed E-state index contributed by atoms with van der Waals surface area (Å²) >= 11 is 0. The van der Waals surface area contributed by atoms with Crippen LogP contribution < -0.4 is 10.1 Å². The number of nitrogens with one attached hydrogen (secondary N) is 1. The molecule has 7 heteroatoms. The van der Waals surface area contributed by atoms with Crippen molar-refractivity contribution in [2.75, 3.05) is 13.7 Å². The topological polar surface area (TPSA) is 81.9 Å². The molecule has 0 radical (unpaired) electrons. The standard InChI is InChI=1S/C19H21N5O2/c1-14-8-9-17(26-2)16(12-14)10-11-20-18(25)13-24-22-19(21-23-24)15-6-4-3-5-7-15/h3-9,12H,10-11,13H2,1-2H3,(H,20,25). The number of carbonyl (C=O) groups is 1. The molecule has 1 heterocycles. The third-order valence-corrected chi connectivity index (χ3v) is 3.92. The molecule has 2 aromatic carbocycles. The van der Waals surface area contributed by atoms with Gasteiger partial charge >= 0.3 is 0 Å². The maximum atomic E-state index is 12.1. The lowest BCUT2D eigenvalue weighted by Gasteiger charge is -2.10. The molecule has 0 aliphatic carbocycles. The Bertz CT molecular complexity index is 877. The largest absolute Gasteiger partial charge is 0.496 e. The van der Waals surface area contributed by atoms with E-state index in [1.807, 2.05) is 49.4 Å². The molecule has 0 saturated carbocycles. The molecular weight excluding hydrogens is 330 g/mol. The minimum atomic E-state index is -0.159. The highest BCUT2D eigenvalue weighted by Crippen LogP contribution is 2.19. The van der Waals surface area contributed by atoms with Gasteiger partial charge in [0.25, 0.3) is 0 Å². The van der Waals surface area contributed by atoms with Crippen molar-refractivity contribution in [3.05, 3.63) is 59.7 Å². The average Bonchev–Trinajstić information content (AvgIpc) is 3.11. The van der Waals surface area contributed by atoms with E-state index in [0.29, 0.717) is 18.8 Å². The molecule has 3 aromatic rings. The van der Waals surface area contributed by atoms with Gasteiger partial charge in [-0.2, -0.15) is 4.80 Å². The normalized spacial score (nSPS) is 10.5. The summed E-state index contributed by atoms with van der Waals surface area (Å²) in [5.41, 5.74) is 3.09. The Hall–Kier alpha value is -3.22. The quantitative estimate of drug-likeness (QED) is 0.704. The lowest BCUT2D eigenvalue weighted by Crippen LogP contribution is -2.30. The number of tetrazole rings is 1. The van der Waals surface area contributed by atoms with Crippen LogP contribution >= 0.6 is 0 Å². The zero-order chi connectivity index (χ0) is 18.4. The third kappa shape index (κ3) is 4.44. The number of methoxy groups -OCH3 is 1. The lowest BCUT2D eigenvalue weighted by molar-refractivity contribution is -0.122. The molecule has 0 saturated heterocycles. The van der Waals surface area contributed by atoms with Crippen molar-refractivity contribution in [3.8, 4) is 17.1 Å². The fraction of sp³-hybridized carbons (Fsp3) is 0.263.